The maximum absolute atomic E-state index is 11.9. The van der Waals surface area contributed by atoms with Crippen LogP contribution in [0.3, 0.4) is 0 Å². The molecular weight excluding hydrogens is 278 g/mol. The third-order valence-corrected chi connectivity index (χ3v) is 4.23. The second kappa shape index (κ2) is 9.03. The van der Waals surface area contributed by atoms with E-state index >= 15 is 0 Å². The highest BCUT2D eigenvalue weighted by molar-refractivity contribution is 5.85. The lowest BCUT2D eigenvalue weighted by molar-refractivity contribution is -0.125. The molecule has 0 aliphatic heterocycles. The average Bonchev–Trinajstić information content (AvgIpc) is 2.99. The summed E-state index contributed by atoms with van der Waals surface area (Å²) in [5, 5.41) is 3.47. The van der Waals surface area contributed by atoms with Gasteiger partial charge < -0.3 is 14.8 Å². The fraction of sp³-hybridized carbons (Fsp3) is 0.611. The van der Waals surface area contributed by atoms with Crippen LogP contribution in [0.5, 0.6) is 0 Å². The van der Waals surface area contributed by atoms with Gasteiger partial charge >= 0.3 is 0 Å². The van der Waals surface area contributed by atoms with E-state index in [0.29, 0.717) is 12.6 Å². The molecule has 0 amide bonds. The van der Waals surface area contributed by atoms with E-state index in [2.05, 4.69) is 17.4 Å². The van der Waals surface area contributed by atoms with E-state index in [1.807, 2.05) is 25.1 Å². The molecule has 4 heteroatoms. The first-order chi connectivity index (χ1) is 10.7. The molecule has 1 fully saturated rings. The second-order valence-corrected chi connectivity index (χ2v) is 5.96. The number of rotatable bonds is 9. The number of hydrogen-bond donors (Lipinski definition) is 1. The lowest BCUT2D eigenvalue weighted by Gasteiger charge is -2.21. The third kappa shape index (κ3) is 5.20. The molecule has 1 aromatic rings. The maximum Gasteiger partial charge on any atom is 0.175 e. The number of carbonyl (C=O) groups excluding carboxylic acids is 1. The van der Waals surface area contributed by atoms with Crippen molar-refractivity contribution in [1.29, 1.82) is 0 Å². The average molecular weight is 305 g/mol. The molecule has 0 aromatic heterocycles. The third-order valence-electron chi connectivity index (χ3n) is 4.23. The highest BCUT2D eigenvalue weighted by Gasteiger charge is 2.28. The number of ketones is 1. The van der Waals surface area contributed by atoms with Gasteiger partial charge in [-0.2, -0.15) is 0 Å². The molecule has 1 aliphatic carbocycles. The fourth-order valence-corrected chi connectivity index (χ4v) is 3.00. The molecule has 22 heavy (non-hydrogen) atoms. The predicted molar refractivity (Wildman–Crippen MR) is 86.8 cm³/mol. The molecule has 0 spiro atoms. The van der Waals surface area contributed by atoms with Gasteiger partial charge in [-0.1, -0.05) is 37.3 Å². The summed E-state index contributed by atoms with van der Waals surface area (Å²) >= 11 is 0. The van der Waals surface area contributed by atoms with Crippen LogP contribution in [0.1, 0.15) is 38.2 Å². The quantitative estimate of drug-likeness (QED) is 0.762. The molecule has 1 saturated carbocycles. The van der Waals surface area contributed by atoms with Gasteiger partial charge in [0.1, 0.15) is 6.61 Å². The highest BCUT2D eigenvalue weighted by Crippen LogP contribution is 2.24. The van der Waals surface area contributed by atoms with E-state index in [9.17, 15) is 4.79 Å². The van der Waals surface area contributed by atoms with Crippen molar-refractivity contribution < 1.29 is 14.3 Å². The molecule has 122 valence electrons. The van der Waals surface area contributed by atoms with Crippen LogP contribution in [-0.4, -0.2) is 37.7 Å². The van der Waals surface area contributed by atoms with Crippen molar-refractivity contribution in [3.05, 3.63) is 35.9 Å². The number of Topliss-reactive ketones (excluding diaryl/α,β-unsaturated/α-hetero) is 1. The van der Waals surface area contributed by atoms with Crippen LogP contribution in [0.2, 0.25) is 0 Å². The number of benzene rings is 1. The molecule has 4 nitrogen and oxygen atoms in total. The number of methoxy groups -OCH3 is 1. The Bertz CT molecular complexity index is 449. The summed E-state index contributed by atoms with van der Waals surface area (Å²) in [6, 6.07) is 10.5. The summed E-state index contributed by atoms with van der Waals surface area (Å²) in [7, 11) is 1.56. The Labute approximate surface area is 133 Å². The standard InChI is InChI=1S/C18H27NO3/c1-3-17(18(20)13-21-2)19-15-9-10-16(11-15)22-12-14-7-5-4-6-8-14/h4-8,15-17,19H,3,9-13H2,1-2H3. The summed E-state index contributed by atoms with van der Waals surface area (Å²) in [4.78, 5) is 11.9. The first-order valence-electron chi connectivity index (χ1n) is 8.16. The smallest absolute Gasteiger partial charge is 0.175 e. The van der Waals surface area contributed by atoms with Gasteiger partial charge in [0.05, 0.1) is 18.8 Å². The minimum Gasteiger partial charge on any atom is -0.377 e. The van der Waals surface area contributed by atoms with Gasteiger partial charge in [-0.05, 0) is 31.2 Å². The Morgan fingerprint density at radius 3 is 2.77 bits per heavy atom. The molecule has 1 N–H and O–H groups in total. The Kier molecular flexibility index (Phi) is 7.03. The van der Waals surface area contributed by atoms with E-state index in [-0.39, 0.29) is 24.5 Å². The van der Waals surface area contributed by atoms with Crippen molar-refractivity contribution >= 4 is 5.78 Å². The Hall–Kier alpha value is -1.23. The molecule has 3 unspecified atom stereocenters. The fourth-order valence-electron chi connectivity index (χ4n) is 3.00. The molecule has 1 aliphatic rings. The van der Waals surface area contributed by atoms with E-state index in [0.717, 1.165) is 25.7 Å². The minimum absolute atomic E-state index is 0.0992. The molecule has 0 heterocycles. The van der Waals surface area contributed by atoms with Gasteiger partial charge in [0, 0.05) is 13.2 Å². The largest absolute Gasteiger partial charge is 0.377 e. The highest BCUT2D eigenvalue weighted by atomic mass is 16.5. The minimum atomic E-state index is -0.0992. The zero-order valence-electron chi connectivity index (χ0n) is 13.6. The second-order valence-electron chi connectivity index (χ2n) is 5.96. The van der Waals surface area contributed by atoms with Crippen LogP contribution in [0.25, 0.3) is 0 Å². The van der Waals surface area contributed by atoms with Crippen molar-refractivity contribution in [1.82, 2.24) is 5.32 Å². The number of carbonyl (C=O) groups is 1. The Balaban J connectivity index is 1.73. The zero-order chi connectivity index (χ0) is 15.8. The molecule has 1 aromatic carbocycles. The zero-order valence-corrected chi connectivity index (χ0v) is 13.6. The monoisotopic (exact) mass is 305 g/mol. The lowest BCUT2D eigenvalue weighted by atomic mass is 10.1. The van der Waals surface area contributed by atoms with Gasteiger partial charge in [0.15, 0.2) is 5.78 Å². The molecule has 3 atom stereocenters. The molecule has 0 bridgehead atoms. The topological polar surface area (TPSA) is 47.6 Å². The summed E-state index contributed by atoms with van der Waals surface area (Å²) in [5.41, 5.74) is 1.21. The summed E-state index contributed by atoms with van der Waals surface area (Å²) in [6.45, 7) is 2.88. The van der Waals surface area contributed by atoms with Crippen LogP contribution in [-0.2, 0) is 20.9 Å². The van der Waals surface area contributed by atoms with E-state index < -0.39 is 0 Å². The van der Waals surface area contributed by atoms with Crippen LogP contribution >= 0.6 is 0 Å². The van der Waals surface area contributed by atoms with Gasteiger partial charge in [0.2, 0.25) is 0 Å². The normalized spacial score (nSPS) is 22.6. The molecule has 0 radical (unpaired) electrons. The Morgan fingerprint density at radius 1 is 1.32 bits per heavy atom. The van der Waals surface area contributed by atoms with Gasteiger partial charge in [-0.15, -0.1) is 0 Å². The number of ether oxygens (including phenoxy) is 2. The van der Waals surface area contributed by atoms with Crippen molar-refractivity contribution in [2.75, 3.05) is 13.7 Å². The van der Waals surface area contributed by atoms with Gasteiger partial charge in [-0.25, -0.2) is 0 Å². The van der Waals surface area contributed by atoms with E-state index in [1.165, 1.54) is 5.56 Å². The van der Waals surface area contributed by atoms with Crippen LogP contribution in [0, 0.1) is 0 Å². The van der Waals surface area contributed by atoms with E-state index in [4.69, 9.17) is 9.47 Å². The summed E-state index contributed by atoms with van der Waals surface area (Å²) in [6.07, 6.45) is 4.18. The van der Waals surface area contributed by atoms with E-state index in [1.54, 1.807) is 7.11 Å². The van der Waals surface area contributed by atoms with Gasteiger partial charge in [-0.3, -0.25) is 4.79 Å². The van der Waals surface area contributed by atoms with Crippen molar-refractivity contribution in [3.63, 3.8) is 0 Å². The summed E-state index contributed by atoms with van der Waals surface area (Å²) in [5.74, 6) is 0.138. The van der Waals surface area contributed by atoms with Crippen LogP contribution in [0.15, 0.2) is 30.3 Å². The number of hydrogen-bond acceptors (Lipinski definition) is 4. The molecule has 2 rings (SSSR count). The predicted octanol–water partition coefficient (Wildman–Crippen LogP) is 2.71. The van der Waals surface area contributed by atoms with Crippen LogP contribution in [0.4, 0.5) is 0 Å². The molecular formula is C18H27NO3. The lowest BCUT2D eigenvalue weighted by Crippen LogP contribution is -2.43. The Morgan fingerprint density at radius 2 is 2.09 bits per heavy atom. The van der Waals surface area contributed by atoms with Gasteiger partial charge in [0.25, 0.3) is 0 Å². The summed E-state index contributed by atoms with van der Waals surface area (Å²) < 4.78 is 10.9. The van der Waals surface area contributed by atoms with Crippen molar-refractivity contribution in [2.45, 2.75) is 57.4 Å². The van der Waals surface area contributed by atoms with Crippen molar-refractivity contribution in [3.8, 4) is 0 Å². The maximum atomic E-state index is 11.9. The number of nitrogens with one attached hydrogen (secondary N) is 1. The SMILES string of the molecule is CCC(NC1CCC(OCc2ccccc2)C1)C(=O)COC. The molecule has 0 saturated heterocycles. The first-order valence-corrected chi connectivity index (χ1v) is 8.16. The first kappa shape index (κ1) is 17.1. The van der Waals surface area contributed by atoms with Crippen LogP contribution < -0.4 is 5.32 Å². The van der Waals surface area contributed by atoms with Crippen molar-refractivity contribution in [2.24, 2.45) is 0 Å².